The van der Waals surface area contributed by atoms with Crippen molar-refractivity contribution in [3.05, 3.63) is 82.6 Å². The van der Waals surface area contributed by atoms with E-state index in [-0.39, 0.29) is 11.3 Å². The highest BCUT2D eigenvalue weighted by molar-refractivity contribution is 5.84. The Morgan fingerprint density at radius 2 is 1.61 bits per heavy atom. The molecule has 0 N–H and O–H groups in total. The largest absolute Gasteiger partial charge is 0.493 e. The van der Waals surface area contributed by atoms with Gasteiger partial charge in [0.1, 0.15) is 0 Å². The van der Waals surface area contributed by atoms with Crippen LogP contribution < -0.4 is 19.8 Å². The Hall–Kier alpha value is -4.46. The van der Waals surface area contributed by atoms with Gasteiger partial charge in [-0.3, -0.25) is 9.59 Å². The predicted molar refractivity (Wildman–Crippen MR) is 125 cm³/mol. The van der Waals surface area contributed by atoms with Crippen LogP contribution in [0.2, 0.25) is 0 Å². The normalized spacial score (nSPS) is 11.0. The van der Waals surface area contributed by atoms with Gasteiger partial charge in [-0.15, -0.1) is 0 Å². The fourth-order valence-electron chi connectivity index (χ4n) is 3.35. The summed E-state index contributed by atoms with van der Waals surface area (Å²) in [4.78, 5) is 29.4. The molecule has 33 heavy (non-hydrogen) atoms. The van der Waals surface area contributed by atoms with E-state index >= 15 is 0 Å². The molecule has 1 heterocycles. The van der Waals surface area contributed by atoms with Gasteiger partial charge in [0.05, 0.1) is 31.3 Å². The maximum absolute atomic E-state index is 13.3. The van der Waals surface area contributed by atoms with Crippen LogP contribution in [0.1, 0.15) is 12.5 Å². The molecule has 0 aliphatic carbocycles. The first-order chi connectivity index (χ1) is 16.0. The zero-order chi connectivity index (χ0) is 23.4. The molecule has 0 atom stereocenters. The van der Waals surface area contributed by atoms with Crippen molar-refractivity contribution >= 4 is 23.1 Å². The van der Waals surface area contributed by atoms with Crippen molar-refractivity contribution in [3.63, 3.8) is 0 Å². The number of nitrogens with zero attached hydrogens (tertiary/aromatic N) is 3. The molecule has 0 spiro atoms. The van der Waals surface area contributed by atoms with Crippen LogP contribution in [-0.2, 0) is 4.79 Å². The third-order valence-corrected chi connectivity index (χ3v) is 4.84. The molecule has 0 fully saturated rings. The molecule has 8 heteroatoms. The number of aromatic nitrogens is 2. The van der Waals surface area contributed by atoms with Gasteiger partial charge in [0.2, 0.25) is 5.75 Å². The molecule has 0 amide bonds. The Morgan fingerprint density at radius 3 is 2.24 bits per heavy atom. The standard InChI is InChI=1S/C25H21N3O5/c1-16(29)33-23-21(31-2)13-17(14-22(23)32-3)15-26-28-24(18-9-5-4-6-10-18)27-20-12-8-7-11-19(20)25(28)30/h4-15H,1-3H3. The Kier molecular flexibility index (Phi) is 6.17. The summed E-state index contributed by atoms with van der Waals surface area (Å²) in [6.45, 7) is 1.29. The number of hydrogen-bond donors (Lipinski definition) is 0. The van der Waals surface area contributed by atoms with Crippen LogP contribution in [0.15, 0.2) is 76.6 Å². The number of carbonyl (C=O) groups is 1. The van der Waals surface area contributed by atoms with Crippen LogP contribution in [0, 0.1) is 0 Å². The molecular weight excluding hydrogens is 422 g/mol. The Labute approximate surface area is 189 Å². The molecule has 8 nitrogen and oxygen atoms in total. The van der Waals surface area contributed by atoms with E-state index in [2.05, 4.69) is 10.1 Å². The number of benzene rings is 3. The first-order valence-electron chi connectivity index (χ1n) is 10.1. The molecule has 0 bridgehead atoms. The average molecular weight is 443 g/mol. The number of fused-ring (bicyclic) bond motifs is 1. The van der Waals surface area contributed by atoms with E-state index in [1.807, 2.05) is 36.4 Å². The molecule has 3 aromatic carbocycles. The molecular formula is C25H21N3O5. The number of rotatable bonds is 6. The maximum Gasteiger partial charge on any atom is 0.308 e. The summed E-state index contributed by atoms with van der Waals surface area (Å²) >= 11 is 0. The van der Waals surface area contributed by atoms with Crippen molar-refractivity contribution in [3.8, 4) is 28.6 Å². The first kappa shape index (κ1) is 21.8. The molecule has 0 saturated heterocycles. The van der Waals surface area contributed by atoms with E-state index in [9.17, 15) is 9.59 Å². The summed E-state index contributed by atoms with van der Waals surface area (Å²) in [5.41, 5.74) is 1.60. The number of hydrogen-bond acceptors (Lipinski definition) is 7. The fraction of sp³-hybridized carbons (Fsp3) is 0.120. The molecule has 4 rings (SSSR count). The minimum Gasteiger partial charge on any atom is -0.493 e. The minimum atomic E-state index is -0.505. The van der Waals surface area contributed by atoms with Gasteiger partial charge in [0.25, 0.3) is 5.56 Å². The van der Waals surface area contributed by atoms with Crippen molar-refractivity contribution in [1.82, 2.24) is 9.66 Å². The lowest BCUT2D eigenvalue weighted by Crippen LogP contribution is -2.20. The van der Waals surface area contributed by atoms with Crippen LogP contribution in [0.3, 0.4) is 0 Å². The number of para-hydroxylation sites is 1. The highest BCUT2D eigenvalue weighted by Crippen LogP contribution is 2.38. The first-order valence-corrected chi connectivity index (χ1v) is 10.1. The zero-order valence-corrected chi connectivity index (χ0v) is 18.3. The summed E-state index contributed by atoms with van der Waals surface area (Å²) < 4.78 is 17.2. The van der Waals surface area contributed by atoms with Gasteiger partial charge in [-0.05, 0) is 24.3 Å². The van der Waals surface area contributed by atoms with Gasteiger partial charge >= 0.3 is 5.97 Å². The molecule has 1 aromatic heterocycles. The van der Waals surface area contributed by atoms with Crippen LogP contribution in [0.5, 0.6) is 17.2 Å². The predicted octanol–water partition coefficient (Wildman–Crippen LogP) is 3.89. The molecule has 0 aliphatic rings. The van der Waals surface area contributed by atoms with Crippen LogP contribution in [0.25, 0.3) is 22.3 Å². The lowest BCUT2D eigenvalue weighted by molar-refractivity contribution is -0.132. The van der Waals surface area contributed by atoms with E-state index in [0.29, 0.717) is 33.8 Å². The van der Waals surface area contributed by atoms with Gasteiger partial charge in [0.15, 0.2) is 17.3 Å². The molecule has 4 aromatic rings. The maximum atomic E-state index is 13.3. The summed E-state index contributed by atoms with van der Waals surface area (Å²) in [5, 5.41) is 4.90. The second-order valence-corrected chi connectivity index (χ2v) is 7.03. The highest BCUT2D eigenvalue weighted by Gasteiger charge is 2.16. The second kappa shape index (κ2) is 9.35. The van der Waals surface area contributed by atoms with Crippen molar-refractivity contribution in [2.45, 2.75) is 6.92 Å². The molecule has 0 radical (unpaired) electrons. The zero-order valence-electron chi connectivity index (χ0n) is 18.3. The monoisotopic (exact) mass is 443 g/mol. The van der Waals surface area contributed by atoms with E-state index in [4.69, 9.17) is 14.2 Å². The fourth-order valence-corrected chi connectivity index (χ4v) is 3.35. The molecule has 166 valence electrons. The quantitative estimate of drug-likeness (QED) is 0.255. The minimum absolute atomic E-state index is 0.166. The van der Waals surface area contributed by atoms with Crippen LogP contribution in [-0.4, -0.2) is 36.1 Å². The summed E-state index contributed by atoms with van der Waals surface area (Å²) in [6, 6.07) is 19.7. The van der Waals surface area contributed by atoms with Crippen molar-refractivity contribution in [1.29, 1.82) is 0 Å². The van der Waals surface area contributed by atoms with Crippen LogP contribution >= 0.6 is 0 Å². The summed E-state index contributed by atoms with van der Waals surface area (Å²) in [6.07, 6.45) is 1.49. The van der Waals surface area contributed by atoms with E-state index in [1.165, 1.54) is 32.0 Å². The van der Waals surface area contributed by atoms with E-state index in [0.717, 1.165) is 5.56 Å². The molecule has 0 aliphatic heterocycles. The molecule has 0 saturated carbocycles. The second-order valence-electron chi connectivity index (χ2n) is 7.03. The van der Waals surface area contributed by atoms with Crippen molar-refractivity contribution in [2.75, 3.05) is 14.2 Å². The Balaban J connectivity index is 1.87. The number of ether oxygens (including phenoxy) is 3. The Bertz CT molecular complexity index is 1390. The third kappa shape index (κ3) is 4.45. The van der Waals surface area contributed by atoms with Gasteiger partial charge in [0, 0.05) is 18.1 Å². The smallest absolute Gasteiger partial charge is 0.308 e. The van der Waals surface area contributed by atoms with Crippen LogP contribution in [0.4, 0.5) is 0 Å². The highest BCUT2D eigenvalue weighted by atomic mass is 16.6. The van der Waals surface area contributed by atoms with Crippen molar-refractivity contribution < 1.29 is 19.0 Å². The SMILES string of the molecule is COc1cc(C=Nn2c(-c3ccccc3)nc3ccccc3c2=O)cc(OC)c1OC(C)=O. The lowest BCUT2D eigenvalue weighted by atomic mass is 10.2. The van der Waals surface area contributed by atoms with E-state index in [1.54, 1.807) is 30.3 Å². The third-order valence-electron chi connectivity index (χ3n) is 4.84. The lowest BCUT2D eigenvalue weighted by Gasteiger charge is -2.13. The van der Waals surface area contributed by atoms with Gasteiger partial charge in [-0.2, -0.15) is 9.78 Å². The summed E-state index contributed by atoms with van der Waals surface area (Å²) in [7, 11) is 2.90. The van der Waals surface area contributed by atoms with Crippen molar-refractivity contribution in [2.24, 2.45) is 5.10 Å². The topological polar surface area (TPSA) is 92.0 Å². The molecule has 0 unspecified atom stereocenters. The van der Waals surface area contributed by atoms with E-state index < -0.39 is 5.97 Å². The van der Waals surface area contributed by atoms with Gasteiger partial charge in [-0.25, -0.2) is 4.98 Å². The van der Waals surface area contributed by atoms with Gasteiger partial charge < -0.3 is 14.2 Å². The number of carbonyl (C=O) groups excluding carboxylic acids is 1. The Morgan fingerprint density at radius 1 is 0.970 bits per heavy atom. The summed E-state index contributed by atoms with van der Waals surface area (Å²) in [5.74, 6) is 0.649. The van der Waals surface area contributed by atoms with Gasteiger partial charge in [-0.1, -0.05) is 42.5 Å². The number of methoxy groups -OCH3 is 2. The number of esters is 1. The average Bonchev–Trinajstić information content (AvgIpc) is 2.84.